The number of allylic oxidation sites excluding steroid dienone is 1. The Labute approximate surface area is 419 Å². The highest BCUT2D eigenvalue weighted by Crippen LogP contribution is 2.56. The Morgan fingerprint density at radius 2 is 0.414 bits per heavy atom. The molecule has 0 N–H and O–H groups in total. The van der Waals surface area contributed by atoms with Gasteiger partial charge in [0.05, 0.1) is 11.8 Å². The van der Waals surface area contributed by atoms with Crippen molar-refractivity contribution in [2.45, 2.75) is 157 Å². The minimum Gasteiger partial charge on any atom is -0.289 e. The number of benzene rings is 6. The second-order valence-electron chi connectivity index (χ2n) is 26.5. The molecule has 3 nitrogen and oxygen atoms in total. The number of hydrogen-bond donors (Lipinski definition) is 0. The van der Waals surface area contributed by atoms with Crippen LogP contribution in [0, 0.1) is 11.8 Å². The average Bonchev–Trinajstić information content (AvgIpc) is 3.26. The molecule has 3 heteroatoms. The predicted octanol–water partition coefficient (Wildman–Crippen LogP) is 16.2. The summed E-state index contributed by atoms with van der Waals surface area (Å²) >= 11 is 0. The van der Waals surface area contributed by atoms with Gasteiger partial charge in [0.2, 0.25) is 0 Å². The van der Waals surface area contributed by atoms with Gasteiger partial charge < -0.3 is 0 Å². The highest BCUT2D eigenvalue weighted by atomic mass is 16.1. The summed E-state index contributed by atoms with van der Waals surface area (Å²) in [5.74, 6) is 1.80. The maximum atomic E-state index is 15.5. The second-order valence-corrected chi connectivity index (χ2v) is 26.5. The Balaban J connectivity index is 1.54. The normalized spacial score (nSPS) is 15.5. The Hall–Kier alpha value is -5.93. The quantitative estimate of drug-likeness (QED) is 0.174. The largest absolute Gasteiger partial charge is 0.289 e. The smallest absolute Gasteiger partial charge is 0.194 e. The number of hydrogen-bond acceptors (Lipinski definition) is 3. The fraction of sp³-hybridized carbons (Fsp3) is 0.358. The van der Waals surface area contributed by atoms with Gasteiger partial charge in [-0.2, -0.15) is 0 Å². The number of rotatable bonds is 2. The molecule has 0 aromatic heterocycles. The molecule has 0 fully saturated rings. The van der Waals surface area contributed by atoms with Crippen LogP contribution in [0.25, 0.3) is 5.57 Å². The molecular weight excluding hydrogens is 853 g/mol. The van der Waals surface area contributed by atoms with Crippen LogP contribution in [0.1, 0.15) is 239 Å². The van der Waals surface area contributed by atoms with Crippen LogP contribution in [0.3, 0.4) is 0 Å². The van der Waals surface area contributed by atoms with E-state index in [0.717, 1.165) is 89.7 Å². The summed E-state index contributed by atoms with van der Waals surface area (Å²) < 4.78 is 0. The summed E-state index contributed by atoms with van der Waals surface area (Å²) in [7, 11) is 0. The summed E-state index contributed by atoms with van der Waals surface area (Å²) in [6, 6.07) is 38.8. The molecule has 0 aliphatic heterocycles. The lowest BCUT2D eigenvalue weighted by Gasteiger charge is -2.40. The van der Waals surface area contributed by atoms with E-state index in [1.54, 1.807) is 0 Å². The molecule has 0 bridgehead atoms. The van der Waals surface area contributed by atoms with Crippen LogP contribution >= 0.6 is 0 Å². The predicted molar refractivity (Wildman–Crippen MR) is 290 cm³/mol. The topological polar surface area (TPSA) is 51.2 Å². The first-order valence-corrected chi connectivity index (χ1v) is 25.3. The third kappa shape index (κ3) is 8.20. The van der Waals surface area contributed by atoms with Gasteiger partial charge >= 0.3 is 0 Å². The van der Waals surface area contributed by atoms with Gasteiger partial charge in [-0.05, 0) is 147 Å². The van der Waals surface area contributed by atoms with Crippen molar-refractivity contribution in [1.29, 1.82) is 0 Å². The van der Waals surface area contributed by atoms with Crippen LogP contribution in [0.4, 0.5) is 0 Å². The molecular formula is C67H72O3. The van der Waals surface area contributed by atoms with E-state index in [-0.39, 0.29) is 49.8 Å². The number of fused-ring (bicyclic) bond motifs is 6. The maximum Gasteiger partial charge on any atom is 0.194 e. The molecule has 0 amide bonds. The molecule has 0 spiro atoms. The molecule has 9 rings (SSSR count). The molecule has 6 aromatic carbocycles. The van der Waals surface area contributed by atoms with Gasteiger partial charge in [-0.1, -0.05) is 197 Å². The maximum absolute atomic E-state index is 15.5. The van der Waals surface area contributed by atoms with Crippen LogP contribution in [-0.4, -0.2) is 17.3 Å². The van der Waals surface area contributed by atoms with E-state index in [4.69, 9.17) is 0 Å². The van der Waals surface area contributed by atoms with Crippen molar-refractivity contribution in [1.82, 2.24) is 0 Å². The fourth-order valence-corrected chi connectivity index (χ4v) is 10.6. The molecule has 70 heavy (non-hydrogen) atoms. The van der Waals surface area contributed by atoms with Gasteiger partial charge in [0.15, 0.2) is 17.3 Å². The van der Waals surface area contributed by atoms with Gasteiger partial charge in [-0.15, -0.1) is 0 Å². The minimum absolute atomic E-state index is 0.00572. The molecule has 0 saturated carbocycles. The minimum atomic E-state index is -0.229. The zero-order valence-corrected chi connectivity index (χ0v) is 45.1. The van der Waals surface area contributed by atoms with E-state index < -0.39 is 0 Å². The number of ketones is 3. The molecule has 358 valence electrons. The Morgan fingerprint density at radius 1 is 0.243 bits per heavy atom. The van der Waals surface area contributed by atoms with Crippen LogP contribution in [0.2, 0.25) is 0 Å². The van der Waals surface area contributed by atoms with Crippen molar-refractivity contribution in [3.63, 3.8) is 0 Å². The van der Waals surface area contributed by atoms with Gasteiger partial charge in [-0.25, -0.2) is 0 Å². The Morgan fingerprint density at radius 3 is 0.600 bits per heavy atom. The standard InChI is InChI=1S/C67H72O3/c1-62(2,3)37-19-25-43-49(31-37)59(68)50-32-38(63(4,5)6)20-26-44(50)55(43)58(56-45-27-21-39(64(7,8)9)33-51(45)60(69)52-34-40(65(10,11)12)22-28-46(52)56)57-47-29-23-41(66(13,14)15)35-53(47)61(70)54-36-42(67(16,17)18)24-30-48(54)57/h19-36H,1-18H3. The van der Waals surface area contributed by atoms with Crippen molar-refractivity contribution >= 4 is 22.9 Å². The van der Waals surface area contributed by atoms with Crippen molar-refractivity contribution in [3.8, 4) is 0 Å². The van der Waals surface area contributed by atoms with Crippen LogP contribution in [0.5, 0.6) is 0 Å². The first-order chi connectivity index (χ1) is 32.3. The lowest BCUT2D eigenvalue weighted by atomic mass is 9.61. The molecule has 0 atom stereocenters. The first kappa shape index (κ1) is 49.1. The summed E-state index contributed by atoms with van der Waals surface area (Å²) in [4.78, 5) is 46.4. The monoisotopic (exact) mass is 925 g/mol. The number of carbonyl (C=O) groups excluding carboxylic acids is 3. The molecule has 3 aliphatic rings. The van der Waals surface area contributed by atoms with Crippen molar-refractivity contribution in [3.05, 3.63) is 227 Å². The van der Waals surface area contributed by atoms with Gasteiger partial charge in [0, 0.05) is 33.4 Å². The lowest BCUT2D eigenvalue weighted by molar-refractivity contribution is 0.102. The zero-order chi connectivity index (χ0) is 51.2. The van der Waals surface area contributed by atoms with E-state index >= 15 is 14.4 Å². The summed E-state index contributed by atoms with van der Waals surface area (Å²) in [5, 5.41) is 0. The van der Waals surface area contributed by atoms with E-state index in [1.165, 1.54) is 0 Å². The van der Waals surface area contributed by atoms with Gasteiger partial charge in [-0.3, -0.25) is 14.4 Å². The third-order valence-corrected chi connectivity index (χ3v) is 15.1. The highest BCUT2D eigenvalue weighted by molar-refractivity contribution is 6.22. The van der Waals surface area contributed by atoms with Crippen LogP contribution < -0.4 is 0 Å². The van der Waals surface area contributed by atoms with Crippen LogP contribution in [0.15, 0.2) is 115 Å². The van der Waals surface area contributed by atoms with Crippen LogP contribution in [-0.2, 0) is 32.5 Å². The van der Waals surface area contributed by atoms with E-state index in [0.29, 0.717) is 33.4 Å². The van der Waals surface area contributed by atoms with E-state index in [9.17, 15) is 0 Å². The second kappa shape index (κ2) is 16.0. The van der Waals surface area contributed by atoms with E-state index in [1.807, 2.05) is 0 Å². The van der Waals surface area contributed by atoms with E-state index in [2.05, 4.69) is 234 Å². The lowest BCUT2D eigenvalue weighted by Crippen LogP contribution is -2.31. The molecule has 2 radical (unpaired) electrons. The molecule has 6 aromatic rings. The summed E-state index contributed by atoms with van der Waals surface area (Å²) in [5.41, 5.74) is 15.8. The van der Waals surface area contributed by atoms with Crippen molar-refractivity contribution in [2.24, 2.45) is 0 Å². The fourth-order valence-electron chi connectivity index (χ4n) is 10.6. The average molecular weight is 925 g/mol. The first-order valence-electron chi connectivity index (χ1n) is 25.3. The molecule has 0 heterocycles. The SMILES string of the molecule is CC(C)(C)c1ccc2c(c1)C(=O)c1cc(C(C)(C)C)ccc1[C]2C([C]1c2ccc(C(C)(C)C)cc2C(=O)c2cc(C(C)(C)C)ccc21)=C1c2ccc(C(C)(C)C)cc2C(=O)c2cc(C(C)(C)C)ccc21. The summed E-state index contributed by atoms with van der Waals surface area (Å²) in [6.07, 6.45) is 0. The van der Waals surface area contributed by atoms with Crippen molar-refractivity contribution < 1.29 is 14.4 Å². The summed E-state index contributed by atoms with van der Waals surface area (Å²) in [6.45, 7) is 39.4. The Bertz CT molecular complexity index is 2900. The zero-order valence-electron chi connectivity index (χ0n) is 45.1. The molecule has 3 aliphatic carbocycles. The number of carbonyl (C=O) groups is 3. The van der Waals surface area contributed by atoms with Crippen molar-refractivity contribution in [2.75, 3.05) is 0 Å². The molecule has 0 unspecified atom stereocenters. The molecule has 0 saturated heterocycles. The van der Waals surface area contributed by atoms with Gasteiger partial charge in [0.1, 0.15) is 0 Å². The Kier molecular flexibility index (Phi) is 11.2. The highest BCUT2D eigenvalue weighted by Gasteiger charge is 2.46. The van der Waals surface area contributed by atoms with Gasteiger partial charge in [0.25, 0.3) is 0 Å². The third-order valence-electron chi connectivity index (χ3n) is 15.1.